The van der Waals surface area contributed by atoms with E-state index < -0.39 is 18.7 Å². The Labute approximate surface area is 69.3 Å². The first-order chi connectivity index (χ1) is 5.45. The SMILES string of the molecule is COCC(O)CCCC(F)(F)F. The summed E-state index contributed by atoms with van der Waals surface area (Å²) in [5, 5.41) is 8.95. The largest absolute Gasteiger partial charge is 0.391 e. The van der Waals surface area contributed by atoms with Crippen molar-refractivity contribution in [1.29, 1.82) is 0 Å². The maximum atomic E-state index is 11.6. The van der Waals surface area contributed by atoms with Crippen molar-refractivity contribution in [2.45, 2.75) is 31.5 Å². The predicted molar refractivity (Wildman–Crippen MR) is 37.8 cm³/mol. The third-order valence-electron chi connectivity index (χ3n) is 1.36. The summed E-state index contributed by atoms with van der Waals surface area (Å²) in [5.41, 5.74) is 0. The molecule has 0 bridgehead atoms. The molecule has 0 aliphatic carbocycles. The minimum Gasteiger partial charge on any atom is -0.391 e. The van der Waals surface area contributed by atoms with Gasteiger partial charge in [-0.3, -0.25) is 0 Å². The Hall–Kier alpha value is -0.290. The minimum atomic E-state index is -4.12. The van der Waals surface area contributed by atoms with Crippen molar-refractivity contribution >= 4 is 0 Å². The van der Waals surface area contributed by atoms with Crippen molar-refractivity contribution in [3.8, 4) is 0 Å². The molecule has 0 rings (SSSR count). The van der Waals surface area contributed by atoms with Crippen LogP contribution in [0.25, 0.3) is 0 Å². The first-order valence-electron chi connectivity index (χ1n) is 3.69. The zero-order valence-corrected chi connectivity index (χ0v) is 6.90. The van der Waals surface area contributed by atoms with Gasteiger partial charge in [-0.2, -0.15) is 13.2 Å². The van der Waals surface area contributed by atoms with Gasteiger partial charge >= 0.3 is 6.18 Å². The Bertz CT molecular complexity index is 114. The van der Waals surface area contributed by atoms with E-state index in [1.807, 2.05) is 0 Å². The summed E-state index contributed by atoms with van der Waals surface area (Å²) >= 11 is 0. The molecule has 1 unspecified atom stereocenters. The summed E-state index contributed by atoms with van der Waals surface area (Å²) in [4.78, 5) is 0. The average Bonchev–Trinajstić information content (AvgIpc) is 1.84. The van der Waals surface area contributed by atoms with Crippen LogP contribution in [0.1, 0.15) is 19.3 Å². The number of rotatable bonds is 5. The van der Waals surface area contributed by atoms with Crippen LogP contribution in [0.4, 0.5) is 13.2 Å². The lowest BCUT2D eigenvalue weighted by molar-refractivity contribution is -0.136. The third-order valence-corrected chi connectivity index (χ3v) is 1.36. The van der Waals surface area contributed by atoms with E-state index >= 15 is 0 Å². The highest BCUT2D eigenvalue weighted by molar-refractivity contribution is 4.57. The van der Waals surface area contributed by atoms with Crippen LogP contribution in [0.15, 0.2) is 0 Å². The fourth-order valence-electron chi connectivity index (χ4n) is 0.814. The van der Waals surface area contributed by atoms with Crippen LogP contribution < -0.4 is 0 Å². The van der Waals surface area contributed by atoms with E-state index in [1.54, 1.807) is 0 Å². The zero-order chi connectivity index (χ0) is 9.61. The Morgan fingerprint density at radius 1 is 1.42 bits per heavy atom. The van der Waals surface area contributed by atoms with Gasteiger partial charge in [0.1, 0.15) is 0 Å². The highest BCUT2D eigenvalue weighted by atomic mass is 19.4. The summed E-state index contributed by atoms with van der Waals surface area (Å²) in [5.74, 6) is 0. The Morgan fingerprint density at radius 2 is 2.00 bits per heavy atom. The molecule has 0 aliphatic rings. The van der Waals surface area contributed by atoms with Gasteiger partial charge in [-0.1, -0.05) is 0 Å². The number of ether oxygens (including phenoxy) is 1. The van der Waals surface area contributed by atoms with Crippen molar-refractivity contribution in [3.05, 3.63) is 0 Å². The number of halogens is 3. The maximum absolute atomic E-state index is 11.6. The molecule has 0 spiro atoms. The molecule has 0 aromatic heterocycles. The molecule has 0 amide bonds. The monoisotopic (exact) mass is 186 g/mol. The Kier molecular flexibility index (Phi) is 5.24. The lowest BCUT2D eigenvalue weighted by Crippen LogP contribution is -2.15. The fourth-order valence-corrected chi connectivity index (χ4v) is 0.814. The lowest BCUT2D eigenvalue weighted by atomic mass is 10.1. The quantitative estimate of drug-likeness (QED) is 0.708. The zero-order valence-electron chi connectivity index (χ0n) is 6.90. The first kappa shape index (κ1) is 11.7. The number of hydrogen-bond acceptors (Lipinski definition) is 2. The molecule has 0 radical (unpaired) electrons. The van der Waals surface area contributed by atoms with Gasteiger partial charge in [-0.25, -0.2) is 0 Å². The molecule has 5 heteroatoms. The van der Waals surface area contributed by atoms with Gasteiger partial charge in [-0.15, -0.1) is 0 Å². The van der Waals surface area contributed by atoms with Crippen LogP contribution in [-0.2, 0) is 4.74 Å². The Morgan fingerprint density at radius 3 is 2.42 bits per heavy atom. The standard InChI is InChI=1S/C7H13F3O2/c1-12-5-6(11)3-2-4-7(8,9)10/h6,11H,2-5H2,1H3. The van der Waals surface area contributed by atoms with Gasteiger partial charge in [0.05, 0.1) is 12.7 Å². The molecular weight excluding hydrogens is 173 g/mol. The van der Waals surface area contributed by atoms with Gasteiger partial charge in [0.2, 0.25) is 0 Å². The molecule has 0 aliphatic heterocycles. The summed E-state index contributed by atoms with van der Waals surface area (Å²) in [6.07, 6.45) is -5.65. The molecule has 0 fully saturated rings. The fraction of sp³-hybridized carbons (Fsp3) is 1.00. The second kappa shape index (κ2) is 5.37. The number of alkyl halides is 3. The van der Waals surface area contributed by atoms with Crippen LogP contribution in [0, 0.1) is 0 Å². The second-order valence-electron chi connectivity index (χ2n) is 2.62. The van der Waals surface area contributed by atoms with Crippen LogP contribution in [0.5, 0.6) is 0 Å². The number of methoxy groups -OCH3 is 1. The molecule has 0 saturated carbocycles. The maximum Gasteiger partial charge on any atom is 0.389 e. The van der Waals surface area contributed by atoms with Crippen molar-refractivity contribution in [2.24, 2.45) is 0 Å². The summed E-state index contributed by atoms with van der Waals surface area (Å²) in [6.45, 7) is 0.0951. The number of hydrogen-bond donors (Lipinski definition) is 1. The van der Waals surface area contributed by atoms with Crippen LogP contribution in [0.3, 0.4) is 0 Å². The van der Waals surface area contributed by atoms with Crippen LogP contribution >= 0.6 is 0 Å². The normalized spacial score (nSPS) is 14.8. The molecule has 1 atom stereocenters. The van der Waals surface area contributed by atoms with Crippen LogP contribution in [0.2, 0.25) is 0 Å². The molecule has 2 nitrogen and oxygen atoms in total. The van der Waals surface area contributed by atoms with E-state index in [0.717, 1.165) is 0 Å². The van der Waals surface area contributed by atoms with Crippen LogP contribution in [-0.4, -0.2) is 31.1 Å². The molecule has 0 aromatic carbocycles. The third kappa shape index (κ3) is 7.81. The van der Waals surface area contributed by atoms with Crippen molar-refractivity contribution in [3.63, 3.8) is 0 Å². The Balaban J connectivity index is 3.31. The molecule has 1 N–H and O–H groups in total. The topological polar surface area (TPSA) is 29.5 Å². The summed E-state index contributed by atoms with van der Waals surface area (Å²) < 4.78 is 39.3. The molecule has 0 heterocycles. The molecular formula is C7H13F3O2. The number of aliphatic hydroxyl groups excluding tert-OH is 1. The van der Waals surface area contributed by atoms with Crippen molar-refractivity contribution in [2.75, 3.05) is 13.7 Å². The predicted octanol–water partition coefficient (Wildman–Crippen LogP) is 1.73. The highest BCUT2D eigenvalue weighted by Gasteiger charge is 2.26. The minimum absolute atomic E-state index is 0.0476. The smallest absolute Gasteiger partial charge is 0.389 e. The molecule has 74 valence electrons. The van der Waals surface area contributed by atoms with Gasteiger partial charge < -0.3 is 9.84 Å². The van der Waals surface area contributed by atoms with E-state index in [4.69, 9.17) is 5.11 Å². The summed E-state index contributed by atoms with van der Waals surface area (Å²) in [7, 11) is 1.40. The molecule has 0 aromatic rings. The lowest BCUT2D eigenvalue weighted by Gasteiger charge is -2.09. The average molecular weight is 186 g/mol. The number of aliphatic hydroxyl groups is 1. The van der Waals surface area contributed by atoms with E-state index in [1.165, 1.54) is 7.11 Å². The van der Waals surface area contributed by atoms with E-state index in [0.29, 0.717) is 0 Å². The molecule has 0 saturated heterocycles. The van der Waals surface area contributed by atoms with Gasteiger partial charge in [0, 0.05) is 13.5 Å². The summed E-state index contributed by atoms with van der Waals surface area (Å²) in [6, 6.07) is 0. The molecule has 12 heavy (non-hydrogen) atoms. The van der Waals surface area contributed by atoms with E-state index in [2.05, 4.69) is 4.74 Å². The highest BCUT2D eigenvalue weighted by Crippen LogP contribution is 2.22. The second-order valence-corrected chi connectivity index (χ2v) is 2.62. The van der Waals surface area contributed by atoms with E-state index in [-0.39, 0.29) is 19.4 Å². The van der Waals surface area contributed by atoms with E-state index in [9.17, 15) is 13.2 Å². The van der Waals surface area contributed by atoms with Gasteiger partial charge in [-0.05, 0) is 12.8 Å². The first-order valence-corrected chi connectivity index (χ1v) is 3.69. The van der Waals surface area contributed by atoms with Gasteiger partial charge in [0.15, 0.2) is 0 Å². The van der Waals surface area contributed by atoms with Gasteiger partial charge in [0.25, 0.3) is 0 Å². The van der Waals surface area contributed by atoms with Crippen molar-refractivity contribution in [1.82, 2.24) is 0 Å². The van der Waals surface area contributed by atoms with Crippen molar-refractivity contribution < 1.29 is 23.0 Å².